The summed E-state index contributed by atoms with van der Waals surface area (Å²) in [4.78, 5) is 0. The molecule has 0 aliphatic heterocycles. The number of hydrogen-bond acceptors (Lipinski definition) is 1. The third-order valence-corrected chi connectivity index (χ3v) is 2.65. The second-order valence-electron chi connectivity index (χ2n) is 3.53. The number of fused-ring (bicyclic) bond motifs is 1. The smallest absolute Gasteiger partial charge is 0.0653 e. The number of benzene rings is 1. The van der Waals surface area contributed by atoms with Gasteiger partial charge in [-0.05, 0) is 24.0 Å². The largest absolute Gasteiger partial charge is 0.278 e. The van der Waals surface area contributed by atoms with Crippen LogP contribution in [0.5, 0.6) is 0 Å². The highest BCUT2D eigenvalue weighted by molar-refractivity contribution is 5.78. The number of nitrogens with zero attached hydrogens (tertiary/aromatic N) is 1. The molecule has 0 saturated heterocycles. The van der Waals surface area contributed by atoms with E-state index >= 15 is 0 Å². The lowest BCUT2D eigenvalue weighted by Crippen LogP contribution is -1.90. The fraction of sp³-hybridized carbons (Fsp3) is 0.364. The van der Waals surface area contributed by atoms with Gasteiger partial charge in [0, 0.05) is 6.81 Å². The minimum Gasteiger partial charge on any atom is -0.278 e. The van der Waals surface area contributed by atoms with Crippen LogP contribution in [0.25, 0.3) is 10.9 Å². The van der Waals surface area contributed by atoms with Crippen LogP contribution in [0.1, 0.15) is 33.2 Å². The average Bonchev–Trinajstić information content (AvgIpc) is 2.63. The molecule has 70 valence electrons. The van der Waals surface area contributed by atoms with E-state index in [4.69, 9.17) is 0 Å². The van der Waals surface area contributed by atoms with Gasteiger partial charge in [-0.15, -0.1) is 0 Å². The molecule has 0 spiro atoms. The number of aromatic amines is 1. The Kier molecular flexibility index (Phi) is 2.05. The highest BCUT2D eigenvalue weighted by atomic mass is 15.1. The van der Waals surface area contributed by atoms with Gasteiger partial charge in [0.05, 0.1) is 11.7 Å². The van der Waals surface area contributed by atoms with Crippen LogP contribution in [-0.2, 0) is 0 Å². The van der Waals surface area contributed by atoms with Crippen molar-refractivity contribution in [2.75, 3.05) is 0 Å². The first-order chi connectivity index (χ1) is 6.31. The predicted octanol–water partition coefficient (Wildman–Crippen LogP) is 3.32. The zero-order chi connectivity index (χ0) is 9.26. The molecule has 1 heterocycles. The normalized spacial score (nSPS) is 13.4. The molecule has 1 aromatic carbocycles. The van der Waals surface area contributed by atoms with Gasteiger partial charge in [0.1, 0.15) is 0 Å². The first-order valence-electron chi connectivity index (χ1n) is 4.74. The molecule has 0 saturated carbocycles. The Labute approximate surface area is 79.5 Å². The van der Waals surface area contributed by atoms with Crippen LogP contribution in [0, 0.1) is 0 Å². The zero-order valence-corrected chi connectivity index (χ0v) is 8.04. The summed E-state index contributed by atoms with van der Waals surface area (Å²) in [5.41, 5.74) is 2.53. The van der Waals surface area contributed by atoms with Crippen molar-refractivity contribution >= 4 is 10.9 Å². The second kappa shape index (κ2) is 3.21. The molecule has 2 rings (SSSR count). The van der Waals surface area contributed by atoms with Crippen molar-refractivity contribution in [2.45, 2.75) is 26.2 Å². The van der Waals surface area contributed by atoms with E-state index in [9.17, 15) is 0 Å². The molecule has 2 aromatic rings. The van der Waals surface area contributed by atoms with Crippen LogP contribution in [-0.4, -0.2) is 10.2 Å². The van der Waals surface area contributed by atoms with E-state index in [1.807, 2.05) is 6.20 Å². The Morgan fingerprint density at radius 1 is 1.54 bits per heavy atom. The van der Waals surface area contributed by atoms with E-state index in [-0.39, 0.29) is 1.43 Å². The number of H-pyrrole nitrogens is 1. The van der Waals surface area contributed by atoms with Gasteiger partial charge < -0.3 is 0 Å². The van der Waals surface area contributed by atoms with E-state index in [1.54, 1.807) is 0 Å². The second-order valence-corrected chi connectivity index (χ2v) is 3.53. The SMILES string of the molecule is CCC(C)c1ccc2cn[nH]c2c1.[HH]. The number of rotatable bonds is 2. The summed E-state index contributed by atoms with van der Waals surface area (Å²) in [6, 6.07) is 6.50. The minimum absolute atomic E-state index is 0. The van der Waals surface area contributed by atoms with Crippen LogP contribution in [0.3, 0.4) is 0 Å². The highest BCUT2D eigenvalue weighted by Crippen LogP contribution is 2.21. The third kappa shape index (κ3) is 1.44. The van der Waals surface area contributed by atoms with Crippen LogP contribution >= 0.6 is 0 Å². The van der Waals surface area contributed by atoms with Crippen molar-refractivity contribution < 1.29 is 1.43 Å². The summed E-state index contributed by atoms with van der Waals surface area (Å²) >= 11 is 0. The molecule has 0 bridgehead atoms. The van der Waals surface area contributed by atoms with Crippen LogP contribution in [0.15, 0.2) is 24.4 Å². The summed E-state index contributed by atoms with van der Waals surface area (Å²) in [7, 11) is 0. The van der Waals surface area contributed by atoms with Crippen LogP contribution < -0.4 is 0 Å². The standard InChI is InChI=1S/C11H14N2.H2/c1-3-8(2)9-4-5-10-7-12-13-11(10)6-9;/h4-8H,3H2,1-2H3,(H,12,13);1H. The molecule has 0 aliphatic rings. The molecule has 0 amide bonds. The Morgan fingerprint density at radius 2 is 2.38 bits per heavy atom. The number of aromatic nitrogens is 2. The van der Waals surface area contributed by atoms with Crippen molar-refractivity contribution in [1.29, 1.82) is 0 Å². The molecule has 1 atom stereocenters. The topological polar surface area (TPSA) is 28.7 Å². The predicted molar refractivity (Wildman–Crippen MR) is 56.9 cm³/mol. The van der Waals surface area contributed by atoms with Gasteiger partial charge in [-0.25, -0.2) is 0 Å². The Morgan fingerprint density at radius 3 is 3.15 bits per heavy atom. The Bertz CT molecular complexity index is 408. The quantitative estimate of drug-likeness (QED) is 0.747. The van der Waals surface area contributed by atoms with Gasteiger partial charge in [0.2, 0.25) is 0 Å². The summed E-state index contributed by atoms with van der Waals surface area (Å²) < 4.78 is 0. The maximum Gasteiger partial charge on any atom is 0.0653 e. The monoisotopic (exact) mass is 176 g/mol. The lowest BCUT2D eigenvalue weighted by Gasteiger charge is -2.07. The molecule has 1 unspecified atom stereocenters. The van der Waals surface area contributed by atoms with E-state index in [2.05, 4.69) is 42.2 Å². The third-order valence-electron chi connectivity index (χ3n) is 2.65. The molecule has 1 aromatic heterocycles. The van der Waals surface area contributed by atoms with Gasteiger partial charge in [-0.2, -0.15) is 5.10 Å². The van der Waals surface area contributed by atoms with Crippen molar-refractivity contribution in [1.82, 2.24) is 10.2 Å². The Hall–Kier alpha value is -1.31. The highest BCUT2D eigenvalue weighted by Gasteiger charge is 2.03. The molecule has 1 N–H and O–H groups in total. The van der Waals surface area contributed by atoms with Gasteiger partial charge in [0.25, 0.3) is 0 Å². The molecule has 0 radical (unpaired) electrons. The molecular weight excluding hydrogens is 160 g/mol. The van der Waals surface area contributed by atoms with E-state index in [0.29, 0.717) is 5.92 Å². The van der Waals surface area contributed by atoms with Crippen LogP contribution in [0.4, 0.5) is 0 Å². The Balaban J connectivity index is 0.000000980. The van der Waals surface area contributed by atoms with Gasteiger partial charge in [-0.3, -0.25) is 5.10 Å². The first kappa shape index (κ1) is 8.30. The average molecular weight is 176 g/mol. The molecule has 0 aliphatic carbocycles. The minimum atomic E-state index is 0. The summed E-state index contributed by atoms with van der Waals surface area (Å²) in [6.07, 6.45) is 3.04. The summed E-state index contributed by atoms with van der Waals surface area (Å²) in [6.45, 7) is 4.46. The van der Waals surface area contributed by atoms with E-state index < -0.39 is 0 Å². The molecule has 2 heteroatoms. The lowest BCUT2D eigenvalue weighted by molar-refractivity contribution is 0.734. The van der Waals surface area contributed by atoms with Gasteiger partial charge in [-0.1, -0.05) is 26.0 Å². The molecule has 0 fully saturated rings. The van der Waals surface area contributed by atoms with Crippen molar-refractivity contribution in [2.24, 2.45) is 0 Å². The number of nitrogens with one attached hydrogen (secondary N) is 1. The maximum absolute atomic E-state index is 4.00. The van der Waals surface area contributed by atoms with Crippen LogP contribution in [0.2, 0.25) is 0 Å². The van der Waals surface area contributed by atoms with E-state index in [1.165, 1.54) is 17.4 Å². The van der Waals surface area contributed by atoms with Crippen molar-refractivity contribution in [3.63, 3.8) is 0 Å². The summed E-state index contributed by atoms with van der Waals surface area (Å²) in [5, 5.41) is 8.18. The molecule has 2 nitrogen and oxygen atoms in total. The maximum atomic E-state index is 4.00. The fourth-order valence-electron chi connectivity index (χ4n) is 1.50. The molecular formula is C11H16N2. The first-order valence-corrected chi connectivity index (χ1v) is 4.74. The lowest BCUT2D eigenvalue weighted by atomic mass is 9.98. The van der Waals surface area contributed by atoms with Gasteiger partial charge >= 0.3 is 0 Å². The zero-order valence-electron chi connectivity index (χ0n) is 8.04. The molecule has 13 heavy (non-hydrogen) atoms. The summed E-state index contributed by atoms with van der Waals surface area (Å²) in [5.74, 6) is 0.632. The van der Waals surface area contributed by atoms with Gasteiger partial charge in [0.15, 0.2) is 0 Å². The number of hydrogen-bond donors (Lipinski definition) is 1. The van der Waals surface area contributed by atoms with Crippen molar-refractivity contribution in [3.8, 4) is 0 Å². The fourth-order valence-corrected chi connectivity index (χ4v) is 1.50. The van der Waals surface area contributed by atoms with E-state index in [0.717, 1.165) is 5.52 Å². The van der Waals surface area contributed by atoms with Crippen molar-refractivity contribution in [3.05, 3.63) is 30.0 Å².